The molecule has 0 aliphatic heterocycles. The Morgan fingerprint density at radius 2 is 2.07 bits per heavy atom. The lowest BCUT2D eigenvalue weighted by Crippen LogP contribution is -2.23. The SMILES string of the molecule is N#C[C@H](NCCO)c1ccc(F)cc1. The third kappa shape index (κ3) is 2.80. The molecule has 74 valence electrons. The van der Waals surface area contributed by atoms with Crippen LogP contribution in [0.4, 0.5) is 4.39 Å². The Bertz CT molecular complexity index is 318. The normalized spacial score (nSPS) is 12.1. The monoisotopic (exact) mass is 194 g/mol. The van der Waals surface area contributed by atoms with Crippen molar-refractivity contribution in [2.75, 3.05) is 13.2 Å². The molecule has 0 aliphatic rings. The predicted octanol–water partition coefficient (Wildman–Crippen LogP) is 0.972. The van der Waals surface area contributed by atoms with Gasteiger partial charge in [0.1, 0.15) is 11.9 Å². The molecule has 1 aromatic carbocycles. The summed E-state index contributed by atoms with van der Waals surface area (Å²) < 4.78 is 12.6. The smallest absolute Gasteiger partial charge is 0.123 e. The first-order valence-electron chi connectivity index (χ1n) is 4.27. The van der Waals surface area contributed by atoms with E-state index in [4.69, 9.17) is 10.4 Å². The summed E-state index contributed by atoms with van der Waals surface area (Å²) in [7, 11) is 0. The molecule has 14 heavy (non-hydrogen) atoms. The highest BCUT2D eigenvalue weighted by atomic mass is 19.1. The van der Waals surface area contributed by atoms with Crippen LogP contribution in [0, 0.1) is 17.1 Å². The molecule has 0 unspecified atom stereocenters. The van der Waals surface area contributed by atoms with E-state index >= 15 is 0 Å². The molecule has 4 heteroatoms. The minimum absolute atomic E-state index is 0.0284. The van der Waals surface area contributed by atoms with Gasteiger partial charge >= 0.3 is 0 Å². The van der Waals surface area contributed by atoms with Crippen molar-refractivity contribution in [3.05, 3.63) is 35.6 Å². The molecule has 0 aliphatic carbocycles. The summed E-state index contributed by atoms with van der Waals surface area (Å²) in [4.78, 5) is 0. The van der Waals surface area contributed by atoms with Crippen LogP contribution in [0.15, 0.2) is 24.3 Å². The number of benzene rings is 1. The fourth-order valence-corrected chi connectivity index (χ4v) is 1.10. The van der Waals surface area contributed by atoms with E-state index < -0.39 is 6.04 Å². The number of rotatable bonds is 4. The van der Waals surface area contributed by atoms with E-state index in [0.29, 0.717) is 12.1 Å². The van der Waals surface area contributed by atoms with E-state index in [1.54, 1.807) is 12.1 Å². The van der Waals surface area contributed by atoms with E-state index in [0.717, 1.165) is 0 Å². The highest BCUT2D eigenvalue weighted by Gasteiger charge is 2.08. The number of aliphatic hydroxyl groups is 1. The van der Waals surface area contributed by atoms with Crippen LogP contribution in [-0.2, 0) is 0 Å². The molecule has 0 bridgehead atoms. The second-order valence-electron chi connectivity index (χ2n) is 2.79. The molecule has 0 aromatic heterocycles. The zero-order valence-electron chi connectivity index (χ0n) is 7.57. The molecule has 1 aromatic rings. The van der Waals surface area contributed by atoms with Crippen LogP contribution in [0.2, 0.25) is 0 Å². The fourth-order valence-electron chi connectivity index (χ4n) is 1.10. The van der Waals surface area contributed by atoms with Gasteiger partial charge in [-0.3, -0.25) is 5.32 Å². The lowest BCUT2D eigenvalue weighted by atomic mass is 10.1. The van der Waals surface area contributed by atoms with Crippen LogP contribution in [0.1, 0.15) is 11.6 Å². The molecule has 1 atom stereocenters. The van der Waals surface area contributed by atoms with Crippen molar-refractivity contribution in [1.29, 1.82) is 5.26 Å². The third-order valence-electron chi connectivity index (χ3n) is 1.79. The van der Waals surface area contributed by atoms with Crippen molar-refractivity contribution in [3.63, 3.8) is 0 Å². The first-order chi connectivity index (χ1) is 6.77. The van der Waals surface area contributed by atoms with Gasteiger partial charge in [0, 0.05) is 6.54 Å². The van der Waals surface area contributed by atoms with Crippen molar-refractivity contribution in [3.8, 4) is 6.07 Å². The number of hydrogen-bond donors (Lipinski definition) is 2. The van der Waals surface area contributed by atoms with Crippen LogP contribution in [-0.4, -0.2) is 18.3 Å². The Balaban J connectivity index is 2.70. The van der Waals surface area contributed by atoms with E-state index in [9.17, 15) is 4.39 Å². The predicted molar refractivity (Wildman–Crippen MR) is 49.8 cm³/mol. The molecule has 0 fully saturated rings. The molecule has 3 nitrogen and oxygen atoms in total. The fraction of sp³-hybridized carbons (Fsp3) is 0.300. The van der Waals surface area contributed by atoms with Crippen LogP contribution >= 0.6 is 0 Å². The number of nitriles is 1. The summed E-state index contributed by atoms with van der Waals surface area (Å²) in [5, 5.41) is 20.2. The number of hydrogen-bond acceptors (Lipinski definition) is 3. The van der Waals surface area contributed by atoms with Gasteiger partial charge in [-0.2, -0.15) is 5.26 Å². The number of aliphatic hydroxyl groups excluding tert-OH is 1. The largest absolute Gasteiger partial charge is 0.395 e. The van der Waals surface area contributed by atoms with Crippen LogP contribution in [0.25, 0.3) is 0 Å². The second-order valence-corrected chi connectivity index (χ2v) is 2.79. The molecule has 2 N–H and O–H groups in total. The summed E-state index contributed by atoms with van der Waals surface area (Å²) in [6.07, 6.45) is 0. The van der Waals surface area contributed by atoms with Gasteiger partial charge in [0.15, 0.2) is 0 Å². The van der Waals surface area contributed by atoms with Crippen LogP contribution < -0.4 is 5.32 Å². The first-order valence-corrected chi connectivity index (χ1v) is 4.27. The summed E-state index contributed by atoms with van der Waals surface area (Å²) in [5.41, 5.74) is 0.697. The maximum atomic E-state index is 12.6. The summed E-state index contributed by atoms with van der Waals surface area (Å²) in [6, 6.07) is 7.24. The highest BCUT2D eigenvalue weighted by molar-refractivity contribution is 5.24. The van der Waals surface area contributed by atoms with E-state index in [1.807, 2.05) is 6.07 Å². The second kappa shape index (κ2) is 5.32. The Kier molecular flexibility index (Phi) is 4.05. The summed E-state index contributed by atoms with van der Waals surface area (Å²) in [6.45, 7) is 0.314. The minimum atomic E-state index is -0.497. The van der Waals surface area contributed by atoms with Crippen molar-refractivity contribution < 1.29 is 9.50 Å². The van der Waals surface area contributed by atoms with Crippen molar-refractivity contribution >= 4 is 0 Å². The zero-order chi connectivity index (χ0) is 10.4. The average molecular weight is 194 g/mol. The summed E-state index contributed by atoms with van der Waals surface area (Å²) in [5.74, 6) is -0.326. The molecule has 0 radical (unpaired) electrons. The Labute approximate surface area is 81.8 Å². The quantitative estimate of drug-likeness (QED) is 0.751. The van der Waals surface area contributed by atoms with Crippen LogP contribution in [0.5, 0.6) is 0 Å². The zero-order valence-corrected chi connectivity index (χ0v) is 7.57. The minimum Gasteiger partial charge on any atom is -0.395 e. The number of nitrogens with zero attached hydrogens (tertiary/aromatic N) is 1. The van der Waals surface area contributed by atoms with E-state index in [1.165, 1.54) is 12.1 Å². The van der Waals surface area contributed by atoms with Gasteiger partial charge < -0.3 is 5.11 Å². The Hall–Kier alpha value is -1.44. The van der Waals surface area contributed by atoms with Gasteiger partial charge in [-0.1, -0.05) is 12.1 Å². The van der Waals surface area contributed by atoms with Gasteiger partial charge in [0.05, 0.1) is 12.7 Å². The van der Waals surface area contributed by atoms with Gasteiger partial charge in [-0.05, 0) is 17.7 Å². The summed E-state index contributed by atoms with van der Waals surface area (Å²) >= 11 is 0. The van der Waals surface area contributed by atoms with Gasteiger partial charge in [0.2, 0.25) is 0 Å². The lowest BCUT2D eigenvalue weighted by molar-refractivity contribution is 0.289. The molecule has 0 saturated carbocycles. The van der Waals surface area contributed by atoms with E-state index in [2.05, 4.69) is 5.32 Å². The Morgan fingerprint density at radius 3 is 2.57 bits per heavy atom. The van der Waals surface area contributed by atoms with E-state index in [-0.39, 0.29) is 12.4 Å². The maximum absolute atomic E-state index is 12.6. The topological polar surface area (TPSA) is 56.0 Å². The number of halogens is 1. The van der Waals surface area contributed by atoms with Gasteiger partial charge in [-0.25, -0.2) is 4.39 Å². The standard InChI is InChI=1S/C10H11FN2O/c11-9-3-1-8(2-4-9)10(7-12)13-5-6-14/h1-4,10,13-14H,5-6H2/t10-/m0/s1. The van der Waals surface area contributed by atoms with Gasteiger partial charge in [0.25, 0.3) is 0 Å². The molecule has 0 saturated heterocycles. The van der Waals surface area contributed by atoms with Crippen molar-refractivity contribution in [1.82, 2.24) is 5.32 Å². The molecular weight excluding hydrogens is 183 g/mol. The molecule has 1 rings (SSSR count). The van der Waals surface area contributed by atoms with Gasteiger partial charge in [-0.15, -0.1) is 0 Å². The van der Waals surface area contributed by atoms with Crippen molar-refractivity contribution in [2.45, 2.75) is 6.04 Å². The highest BCUT2D eigenvalue weighted by Crippen LogP contribution is 2.12. The van der Waals surface area contributed by atoms with Crippen LogP contribution in [0.3, 0.4) is 0 Å². The lowest BCUT2D eigenvalue weighted by Gasteiger charge is -2.10. The molecule has 0 spiro atoms. The Morgan fingerprint density at radius 1 is 1.43 bits per heavy atom. The third-order valence-corrected chi connectivity index (χ3v) is 1.79. The van der Waals surface area contributed by atoms with Crippen molar-refractivity contribution in [2.24, 2.45) is 0 Å². The maximum Gasteiger partial charge on any atom is 0.123 e. The number of nitrogens with one attached hydrogen (secondary N) is 1. The first kappa shape index (κ1) is 10.6. The molecule has 0 amide bonds. The molecule has 0 heterocycles. The molecular formula is C10H11FN2O. The average Bonchev–Trinajstić information content (AvgIpc) is 2.21.